The summed E-state index contributed by atoms with van der Waals surface area (Å²) in [5, 5.41) is 12.0. The summed E-state index contributed by atoms with van der Waals surface area (Å²) in [4.78, 5) is 0. The molecule has 0 aliphatic carbocycles. The van der Waals surface area contributed by atoms with Crippen LogP contribution in [0.1, 0.15) is 0 Å². The molecule has 0 bridgehead atoms. The predicted octanol–water partition coefficient (Wildman–Crippen LogP) is 1.88. The van der Waals surface area contributed by atoms with E-state index in [1.165, 1.54) is 0 Å². The van der Waals surface area contributed by atoms with Crippen LogP contribution in [0.5, 0.6) is 0 Å². The minimum atomic E-state index is 0. The van der Waals surface area contributed by atoms with Crippen LogP contribution in [-0.4, -0.2) is 0 Å². The quantitative estimate of drug-likeness (QED) is 0.451. The molecule has 0 amide bonds. The van der Waals surface area contributed by atoms with Gasteiger partial charge in [-0.2, -0.15) is 0 Å². The van der Waals surface area contributed by atoms with Gasteiger partial charge in [0.15, 0.2) is 0 Å². The highest BCUT2D eigenvalue weighted by Crippen LogP contribution is 0.888. The van der Waals surface area contributed by atoms with Gasteiger partial charge >= 0.3 is 0 Å². The van der Waals surface area contributed by atoms with Crippen molar-refractivity contribution >= 4 is 71.9 Å². The molecule has 5 heavy (non-hydrogen) atoms. The molecule has 0 saturated heterocycles. The Kier molecular flexibility index (Phi) is 281. The number of hydrogen-bond acceptors (Lipinski definition) is 2. The molecule has 34 valence electrons. The van der Waals surface area contributed by atoms with E-state index in [1.807, 2.05) is 0 Å². The zero-order valence-electron chi connectivity index (χ0n) is 2.12. The van der Waals surface area contributed by atoms with Gasteiger partial charge in [0.05, 0.1) is 0 Å². The summed E-state index contributed by atoms with van der Waals surface area (Å²) in [6, 6.07) is 0. The molecule has 0 atom stereocenters. The van der Waals surface area contributed by atoms with Gasteiger partial charge in [0, 0.05) is 10.8 Å². The molecule has 0 radical (unpaired) electrons. The van der Waals surface area contributed by atoms with Crippen molar-refractivity contribution in [1.29, 1.82) is 10.8 Å². The molecule has 5 heteroatoms. The second-order valence-electron chi connectivity index (χ2n) is 0. The summed E-state index contributed by atoms with van der Waals surface area (Å²) in [5.74, 6) is 0. The van der Waals surface area contributed by atoms with Crippen molar-refractivity contribution < 1.29 is 0 Å². The van der Waals surface area contributed by atoms with E-state index in [-0.39, 0.29) is 71.9 Å². The fourth-order valence-electron chi connectivity index (χ4n) is 0. The summed E-state index contributed by atoms with van der Waals surface area (Å²) < 4.78 is 0. The second kappa shape index (κ2) is 46.0. The standard InChI is InChI=1S/3HI.N2/c;;;1-2/h3*1H;. The van der Waals surface area contributed by atoms with Gasteiger partial charge in [0.2, 0.25) is 0 Å². The van der Waals surface area contributed by atoms with E-state index in [0.29, 0.717) is 0 Å². The largest absolute Gasteiger partial charge is 0.107 e. The molecule has 0 spiro atoms. The van der Waals surface area contributed by atoms with Gasteiger partial charge in [0.1, 0.15) is 0 Å². The number of hydrogen-bond donors (Lipinski definition) is 0. The van der Waals surface area contributed by atoms with Crippen LogP contribution in [0.15, 0.2) is 0 Å². The predicted molar refractivity (Wildman–Crippen MR) is 49.7 cm³/mol. The van der Waals surface area contributed by atoms with Crippen LogP contribution in [0.25, 0.3) is 0 Å². The summed E-state index contributed by atoms with van der Waals surface area (Å²) in [6.07, 6.45) is 0. The lowest BCUT2D eigenvalue weighted by molar-refractivity contribution is 1.15. The molecule has 0 heterocycles. The number of rotatable bonds is 0. The second-order valence-corrected chi connectivity index (χ2v) is 0. The smallest absolute Gasteiger partial charge is 0 e. The molecule has 0 aromatic carbocycles. The molecule has 0 rings (SSSR count). The Labute approximate surface area is 81.6 Å². The van der Waals surface area contributed by atoms with Gasteiger partial charge in [-0.15, -0.1) is 71.9 Å². The normalized spacial score (nSPS) is 0.400. The van der Waals surface area contributed by atoms with Crippen molar-refractivity contribution in [3.63, 3.8) is 0 Å². The van der Waals surface area contributed by atoms with Crippen molar-refractivity contribution in [2.75, 3.05) is 0 Å². The van der Waals surface area contributed by atoms with Crippen molar-refractivity contribution in [1.82, 2.24) is 0 Å². The van der Waals surface area contributed by atoms with Crippen molar-refractivity contribution in [3.8, 4) is 0 Å². The average Bonchev–Trinajstić information content (AvgIpc) is 1.00. The zero-order chi connectivity index (χ0) is 2.00. The lowest BCUT2D eigenvalue weighted by Gasteiger charge is -0.577. The first kappa shape index (κ1) is 30.5. The van der Waals surface area contributed by atoms with E-state index in [4.69, 9.17) is 10.8 Å². The highest BCUT2D eigenvalue weighted by atomic mass is 127. The van der Waals surface area contributed by atoms with Crippen LogP contribution in [0.2, 0.25) is 0 Å². The van der Waals surface area contributed by atoms with Crippen molar-refractivity contribution in [3.05, 3.63) is 0 Å². The number of nitrogens with zero attached hydrogens (tertiary/aromatic N) is 2. The molecule has 0 aliphatic heterocycles. The van der Waals surface area contributed by atoms with Crippen LogP contribution < -0.4 is 0 Å². The highest BCUT2D eigenvalue weighted by Gasteiger charge is 0.577. The summed E-state index contributed by atoms with van der Waals surface area (Å²) in [6.45, 7) is 0. The fourth-order valence-corrected chi connectivity index (χ4v) is 0. The molecule has 0 aromatic heterocycles. The summed E-state index contributed by atoms with van der Waals surface area (Å²) >= 11 is 0. The fraction of sp³-hybridized carbons (Fsp3) is 0. The lowest BCUT2D eigenvalue weighted by Crippen LogP contribution is -0.562. The van der Waals surface area contributed by atoms with Gasteiger partial charge in [-0.1, -0.05) is 0 Å². The molecule has 0 unspecified atom stereocenters. The van der Waals surface area contributed by atoms with Crippen LogP contribution in [0, 0.1) is 10.8 Å². The van der Waals surface area contributed by atoms with Crippen LogP contribution in [0.3, 0.4) is 0 Å². The Morgan fingerprint density at radius 3 is 0.600 bits per heavy atom. The Morgan fingerprint density at radius 2 is 0.600 bits per heavy atom. The van der Waals surface area contributed by atoms with Crippen LogP contribution in [0.4, 0.5) is 0 Å². The van der Waals surface area contributed by atoms with E-state index in [0.717, 1.165) is 0 Å². The molecule has 0 fully saturated rings. The van der Waals surface area contributed by atoms with Gasteiger partial charge in [-0.25, -0.2) is 0 Å². The molecular formula is H3I3N2. The lowest BCUT2D eigenvalue weighted by atomic mass is 13.4. The van der Waals surface area contributed by atoms with Crippen LogP contribution in [-0.2, 0) is 0 Å². The topological polar surface area (TPSA) is 47.6 Å². The third kappa shape index (κ3) is 28.2. The van der Waals surface area contributed by atoms with E-state index >= 15 is 0 Å². The average molecular weight is 412 g/mol. The SMILES string of the molecule is I.I.I.N#N. The zero-order valence-corrected chi connectivity index (χ0v) is 9.11. The van der Waals surface area contributed by atoms with Gasteiger partial charge in [-0.3, -0.25) is 0 Å². The third-order valence-corrected chi connectivity index (χ3v) is 0. The molecule has 0 aliphatic rings. The monoisotopic (exact) mass is 412 g/mol. The Morgan fingerprint density at radius 1 is 0.600 bits per heavy atom. The minimum Gasteiger partial charge on any atom is -0.107 e. The Balaban J connectivity index is -0.00000000167. The molecule has 2 nitrogen and oxygen atoms in total. The van der Waals surface area contributed by atoms with E-state index in [9.17, 15) is 0 Å². The van der Waals surface area contributed by atoms with E-state index < -0.39 is 0 Å². The highest BCUT2D eigenvalue weighted by molar-refractivity contribution is 14.0. The Bertz CT molecular complexity index is 9.61. The maximum Gasteiger partial charge on any atom is 0 e. The first-order valence-electron chi connectivity index (χ1n) is 0.200. The molecular weight excluding hydrogens is 409 g/mol. The number of halogens is 3. The van der Waals surface area contributed by atoms with Gasteiger partial charge < -0.3 is 0 Å². The van der Waals surface area contributed by atoms with Crippen LogP contribution >= 0.6 is 71.9 Å². The van der Waals surface area contributed by atoms with Crippen molar-refractivity contribution in [2.45, 2.75) is 0 Å². The molecule has 0 N–H and O–H groups in total. The summed E-state index contributed by atoms with van der Waals surface area (Å²) in [5.41, 5.74) is 0. The first-order chi connectivity index (χ1) is 1.00. The maximum absolute atomic E-state index is 6.00. The van der Waals surface area contributed by atoms with E-state index in [1.54, 1.807) is 0 Å². The molecule has 0 saturated carbocycles. The minimum absolute atomic E-state index is 0. The van der Waals surface area contributed by atoms with Crippen molar-refractivity contribution in [2.24, 2.45) is 0 Å². The van der Waals surface area contributed by atoms with E-state index in [2.05, 4.69) is 0 Å². The Hall–Kier alpha value is 1.61. The maximum atomic E-state index is 6.00. The summed E-state index contributed by atoms with van der Waals surface area (Å²) in [7, 11) is 0. The van der Waals surface area contributed by atoms with Gasteiger partial charge in [-0.05, 0) is 0 Å². The molecule has 0 aromatic rings. The first-order valence-corrected chi connectivity index (χ1v) is 0.200. The van der Waals surface area contributed by atoms with Gasteiger partial charge in [0.25, 0.3) is 0 Å². The third-order valence-electron chi connectivity index (χ3n) is 0.